The van der Waals surface area contributed by atoms with Gasteiger partial charge in [-0.3, -0.25) is 9.59 Å². The molecule has 1 aromatic rings. The van der Waals surface area contributed by atoms with E-state index in [0.29, 0.717) is 0 Å². The number of hydrogen-bond acceptors (Lipinski definition) is 2. The summed E-state index contributed by atoms with van der Waals surface area (Å²) in [6.07, 6.45) is 0. The summed E-state index contributed by atoms with van der Waals surface area (Å²) in [6, 6.07) is 0. The first kappa shape index (κ1) is 6.54. The van der Waals surface area contributed by atoms with Crippen molar-refractivity contribution < 1.29 is 0 Å². The van der Waals surface area contributed by atoms with Gasteiger partial charge in [0.25, 0.3) is 11.1 Å². The van der Waals surface area contributed by atoms with Crippen LogP contribution in [-0.2, 0) is 0 Å². The molecule has 0 radical (unpaired) electrons. The zero-order chi connectivity index (χ0) is 7.72. The molecule has 0 aromatic carbocycles. The number of aromatic nitrogens is 2. The summed E-state index contributed by atoms with van der Waals surface area (Å²) in [6.45, 7) is 6.59. The number of nitrogens with one attached hydrogen (secondary N) is 2. The van der Waals surface area contributed by atoms with E-state index in [-0.39, 0.29) is 10.7 Å². The Labute approximate surface area is 55.5 Å². The van der Waals surface area contributed by atoms with Gasteiger partial charge in [0.2, 0.25) is 0 Å². The molecular formula is C6H6N2O2. The Kier molecular flexibility index (Phi) is 1.30. The average molecular weight is 138 g/mol. The molecule has 0 fully saturated rings. The maximum atomic E-state index is 10.7. The van der Waals surface area contributed by atoms with Crippen molar-refractivity contribution in [3.05, 3.63) is 31.4 Å². The summed E-state index contributed by atoms with van der Waals surface area (Å²) in [5.41, 5.74) is -0.825. The van der Waals surface area contributed by atoms with Crippen LogP contribution < -0.4 is 21.8 Å². The van der Waals surface area contributed by atoms with E-state index in [1.165, 1.54) is 0 Å². The molecule has 1 heterocycles. The monoisotopic (exact) mass is 138 g/mol. The maximum absolute atomic E-state index is 10.7. The van der Waals surface area contributed by atoms with E-state index in [2.05, 4.69) is 23.1 Å². The highest BCUT2D eigenvalue weighted by Gasteiger charge is 1.87. The van der Waals surface area contributed by atoms with Crippen molar-refractivity contribution in [3.63, 3.8) is 0 Å². The van der Waals surface area contributed by atoms with Gasteiger partial charge >= 0.3 is 0 Å². The first-order valence-corrected chi connectivity index (χ1v) is 2.62. The number of rotatable bonds is 0. The molecular weight excluding hydrogens is 132 g/mol. The summed E-state index contributed by atoms with van der Waals surface area (Å²) < 4.78 is 0. The van der Waals surface area contributed by atoms with Gasteiger partial charge in [0.05, 0.1) is 10.7 Å². The molecule has 4 heteroatoms. The molecule has 0 aliphatic carbocycles. The third-order valence-electron chi connectivity index (χ3n) is 1.08. The summed E-state index contributed by atoms with van der Waals surface area (Å²) in [4.78, 5) is 25.8. The molecule has 0 atom stereocenters. The number of H-pyrrole nitrogens is 2. The summed E-state index contributed by atoms with van der Waals surface area (Å²) in [5, 5.41) is 0.106. The largest absolute Gasteiger partial charge is 0.317 e. The van der Waals surface area contributed by atoms with Crippen LogP contribution in [0, 0.1) is 0 Å². The standard InChI is InChI=1S/C6H6N2O2/c1-3-5(9)8-4(2)6(10)7-3/h1-2H2,(H,7,10)(H,8,9). The fourth-order valence-electron chi connectivity index (χ4n) is 0.539. The highest BCUT2D eigenvalue weighted by atomic mass is 16.1. The molecule has 4 nitrogen and oxygen atoms in total. The van der Waals surface area contributed by atoms with Gasteiger partial charge in [0, 0.05) is 0 Å². The Bertz CT molecular complexity index is 358. The minimum atomic E-state index is -0.412. The predicted octanol–water partition coefficient (Wildman–Crippen LogP) is -2.12. The fourth-order valence-corrected chi connectivity index (χ4v) is 0.539. The minimum absolute atomic E-state index is 0.0531. The molecule has 1 rings (SSSR count). The molecule has 0 unspecified atom stereocenters. The summed E-state index contributed by atoms with van der Waals surface area (Å²) in [7, 11) is 0. The fraction of sp³-hybridized carbons (Fsp3) is 0. The topological polar surface area (TPSA) is 65.7 Å². The number of aromatic amines is 2. The highest BCUT2D eigenvalue weighted by molar-refractivity contribution is 4.98. The van der Waals surface area contributed by atoms with E-state index in [1.807, 2.05) is 0 Å². The lowest BCUT2D eigenvalue weighted by Crippen LogP contribution is -2.45. The molecule has 52 valence electrons. The van der Waals surface area contributed by atoms with Crippen molar-refractivity contribution in [2.24, 2.45) is 0 Å². The maximum Gasteiger partial charge on any atom is 0.271 e. The van der Waals surface area contributed by atoms with E-state index in [4.69, 9.17) is 0 Å². The van der Waals surface area contributed by atoms with E-state index in [9.17, 15) is 9.59 Å². The molecule has 0 amide bonds. The van der Waals surface area contributed by atoms with Gasteiger partial charge in [0.1, 0.15) is 0 Å². The minimum Gasteiger partial charge on any atom is -0.317 e. The van der Waals surface area contributed by atoms with Gasteiger partial charge in [-0.15, -0.1) is 0 Å². The Morgan fingerprint density at radius 3 is 1.50 bits per heavy atom. The smallest absolute Gasteiger partial charge is 0.271 e. The number of hydrogen-bond donors (Lipinski definition) is 2. The van der Waals surface area contributed by atoms with Gasteiger partial charge < -0.3 is 9.97 Å². The quantitative estimate of drug-likeness (QED) is 0.430. The Balaban J connectivity index is 3.94. The lowest BCUT2D eigenvalue weighted by atomic mass is 10.6. The molecule has 2 N–H and O–H groups in total. The van der Waals surface area contributed by atoms with Crippen LogP contribution >= 0.6 is 0 Å². The Morgan fingerprint density at radius 1 is 0.900 bits per heavy atom. The summed E-state index contributed by atoms with van der Waals surface area (Å²) >= 11 is 0. The van der Waals surface area contributed by atoms with Gasteiger partial charge in [-0.05, 0) is 0 Å². The molecule has 0 aliphatic heterocycles. The average Bonchev–Trinajstić information content (AvgIpc) is 1.84. The first-order valence-electron chi connectivity index (χ1n) is 2.62. The molecule has 1 aromatic heterocycles. The lowest BCUT2D eigenvalue weighted by molar-refractivity contribution is 1.01. The molecule has 0 saturated heterocycles. The third-order valence-corrected chi connectivity index (χ3v) is 1.08. The molecule has 0 saturated carbocycles. The van der Waals surface area contributed by atoms with Crippen LogP contribution in [0.25, 0.3) is 13.2 Å². The third kappa shape index (κ3) is 0.907. The predicted molar refractivity (Wildman–Crippen MR) is 38.0 cm³/mol. The second-order valence-corrected chi connectivity index (χ2v) is 1.87. The molecule has 0 aliphatic rings. The normalized spacial score (nSPS) is 9.60. The second-order valence-electron chi connectivity index (χ2n) is 1.87. The Hall–Kier alpha value is -1.58. The van der Waals surface area contributed by atoms with Gasteiger partial charge in [0.15, 0.2) is 0 Å². The van der Waals surface area contributed by atoms with Gasteiger partial charge in [-0.25, -0.2) is 0 Å². The van der Waals surface area contributed by atoms with Crippen LogP contribution in [-0.4, -0.2) is 9.97 Å². The Morgan fingerprint density at radius 2 is 1.20 bits per heavy atom. The first-order chi connectivity index (χ1) is 4.61. The summed E-state index contributed by atoms with van der Waals surface area (Å²) in [5.74, 6) is 0. The lowest BCUT2D eigenvalue weighted by Gasteiger charge is -1.82. The van der Waals surface area contributed by atoms with Crippen molar-refractivity contribution >= 4 is 13.2 Å². The van der Waals surface area contributed by atoms with E-state index < -0.39 is 11.1 Å². The van der Waals surface area contributed by atoms with Crippen LogP contribution in [0.15, 0.2) is 9.59 Å². The van der Waals surface area contributed by atoms with E-state index >= 15 is 0 Å². The van der Waals surface area contributed by atoms with Crippen molar-refractivity contribution in [1.82, 2.24) is 9.97 Å². The van der Waals surface area contributed by atoms with Crippen molar-refractivity contribution in [2.45, 2.75) is 0 Å². The zero-order valence-electron chi connectivity index (χ0n) is 5.23. The molecule has 0 bridgehead atoms. The van der Waals surface area contributed by atoms with E-state index in [1.54, 1.807) is 0 Å². The van der Waals surface area contributed by atoms with Crippen LogP contribution in [0.5, 0.6) is 0 Å². The van der Waals surface area contributed by atoms with Crippen molar-refractivity contribution in [3.8, 4) is 0 Å². The van der Waals surface area contributed by atoms with Crippen LogP contribution in [0.3, 0.4) is 0 Å². The van der Waals surface area contributed by atoms with Gasteiger partial charge in [-0.1, -0.05) is 13.2 Å². The van der Waals surface area contributed by atoms with Crippen LogP contribution in [0.4, 0.5) is 0 Å². The SMILES string of the molecule is C=c1[nH]c(=O)c(=C)[nH]c1=O. The highest BCUT2D eigenvalue weighted by Crippen LogP contribution is 1.30. The molecule has 10 heavy (non-hydrogen) atoms. The van der Waals surface area contributed by atoms with Crippen LogP contribution in [0.1, 0.15) is 0 Å². The van der Waals surface area contributed by atoms with E-state index in [0.717, 1.165) is 0 Å². The van der Waals surface area contributed by atoms with Gasteiger partial charge in [-0.2, -0.15) is 0 Å². The molecule has 0 spiro atoms. The van der Waals surface area contributed by atoms with Crippen molar-refractivity contribution in [2.75, 3.05) is 0 Å². The second kappa shape index (κ2) is 1.98. The van der Waals surface area contributed by atoms with Crippen molar-refractivity contribution in [1.29, 1.82) is 0 Å². The van der Waals surface area contributed by atoms with Crippen LogP contribution in [0.2, 0.25) is 0 Å². The zero-order valence-corrected chi connectivity index (χ0v) is 5.23.